The summed E-state index contributed by atoms with van der Waals surface area (Å²) >= 11 is 0. The highest BCUT2D eigenvalue weighted by atomic mass is 32.2. The van der Waals surface area contributed by atoms with Crippen LogP contribution in [0.4, 0.5) is 0 Å². The lowest BCUT2D eigenvalue weighted by molar-refractivity contribution is 0.367. The third-order valence-corrected chi connectivity index (χ3v) is 4.39. The maximum absolute atomic E-state index is 11.0. The van der Waals surface area contributed by atoms with Gasteiger partial charge in [-0.25, -0.2) is 13.6 Å². The molecular weight excluding hydrogens is 188 g/mol. The summed E-state index contributed by atoms with van der Waals surface area (Å²) < 4.78 is 22.0. The summed E-state index contributed by atoms with van der Waals surface area (Å²) in [6.45, 7) is 0.542. The molecule has 76 valence electrons. The first-order chi connectivity index (χ1) is 6.07. The Hall–Kier alpha value is -0.130. The zero-order valence-electron chi connectivity index (χ0n) is 7.57. The molecular formula is C8H16N2O2S. The van der Waals surface area contributed by atoms with E-state index in [-0.39, 0.29) is 5.25 Å². The average molecular weight is 204 g/mol. The number of hydrogen-bond acceptors (Lipinski definition) is 3. The van der Waals surface area contributed by atoms with Crippen molar-refractivity contribution in [2.75, 3.05) is 6.54 Å². The van der Waals surface area contributed by atoms with Gasteiger partial charge in [0, 0.05) is 12.6 Å². The van der Waals surface area contributed by atoms with E-state index in [9.17, 15) is 8.42 Å². The summed E-state index contributed by atoms with van der Waals surface area (Å²) in [5.41, 5.74) is 0. The van der Waals surface area contributed by atoms with Gasteiger partial charge in [-0.2, -0.15) is 0 Å². The van der Waals surface area contributed by atoms with Crippen LogP contribution in [0.3, 0.4) is 0 Å². The van der Waals surface area contributed by atoms with Gasteiger partial charge in [-0.15, -0.1) is 0 Å². The van der Waals surface area contributed by atoms with Gasteiger partial charge in [0.25, 0.3) is 0 Å². The van der Waals surface area contributed by atoms with Crippen molar-refractivity contribution in [3.05, 3.63) is 0 Å². The first-order valence-electron chi connectivity index (χ1n) is 4.82. The van der Waals surface area contributed by atoms with E-state index in [4.69, 9.17) is 5.14 Å². The second-order valence-electron chi connectivity index (χ2n) is 4.14. The molecule has 1 saturated carbocycles. The Morgan fingerprint density at radius 3 is 2.23 bits per heavy atom. The van der Waals surface area contributed by atoms with E-state index < -0.39 is 10.0 Å². The lowest BCUT2D eigenvalue weighted by atomic mass is 10.0. The van der Waals surface area contributed by atoms with E-state index in [1.807, 2.05) is 0 Å². The monoisotopic (exact) mass is 204 g/mol. The molecule has 4 nitrogen and oxygen atoms in total. The summed E-state index contributed by atoms with van der Waals surface area (Å²) in [5.74, 6) is 0.807. The number of hydrogen-bond donors (Lipinski definition) is 2. The molecule has 5 heteroatoms. The molecule has 0 radical (unpaired) electrons. The minimum absolute atomic E-state index is 0.359. The van der Waals surface area contributed by atoms with Gasteiger partial charge in [-0.3, -0.25) is 0 Å². The predicted molar refractivity (Wildman–Crippen MR) is 50.6 cm³/mol. The summed E-state index contributed by atoms with van der Waals surface area (Å²) in [5, 5.41) is 8.00. The predicted octanol–water partition coefficient (Wildman–Crippen LogP) is -0.194. The lowest BCUT2D eigenvalue weighted by Gasteiger charge is -2.28. The fourth-order valence-corrected chi connectivity index (χ4v) is 2.83. The second kappa shape index (κ2) is 3.22. The number of nitrogens with one attached hydrogen (secondary N) is 1. The van der Waals surface area contributed by atoms with Gasteiger partial charge in [-0.1, -0.05) is 0 Å². The van der Waals surface area contributed by atoms with Crippen LogP contribution < -0.4 is 10.5 Å². The Labute approximate surface area is 78.9 Å². The van der Waals surface area contributed by atoms with Crippen molar-refractivity contribution < 1.29 is 8.42 Å². The quantitative estimate of drug-likeness (QED) is 0.654. The Morgan fingerprint density at radius 1 is 1.15 bits per heavy atom. The molecule has 0 bridgehead atoms. The fourth-order valence-electron chi connectivity index (χ4n) is 2.03. The highest BCUT2D eigenvalue weighted by Gasteiger charge is 2.36. The molecule has 1 heterocycles. The highest BCUT2D eigenvalue weighted by molar-refractivity contribution is 7.89. The van der Waals surface area contributed by atoms with Gasteiger partial charge in [0.05, 0.1) is 5.25 Å². The third kappa shape index (κ3) is 2.21. The SMILES string of the molecule is NS(=O)(=O)C1CCC(C2CC2)NC1. The lowest BCUT2D eigenvalue weighted by Crippen LogP contribution is -2.47. The first kappa shape index (κ1) is 9.43. The molecule has 2 aliphatic rings. The van der Waals surface area contributed by atoms with Gasteiger partial charge in [0.1, 0.15) is 0 Å². The van der Waals surface area contributed by atoms with Crippen molar-refractivity contribution >= 4 is 10.0 Å². The molecule has 1 saturated heterocycles. The van der Waals surface area contributed by atoms with Crippen LogP contribution in [-0.2, 0) is 10.0 Å². The summed E-state index contributed by atoms with van der Waals surface area (Å²) in [6.07, 6.45) is 4.30. The molecule has 0 aromatic carbocycles. The fraction of sp³-hybridized carbons (Fsp3) is 1.00. The summed E-state index contributed by atoms with van der Waals surface area (Å²) in [6, 6.07) is 0.554. The van der Waals surface area contributed by atoms with Crippen molar-refractivity contribution in [3.63, 3.8) is 0 Å². The van der Waals surface area contributed by atoms with E-state index in [1.165, 1.54) is 12.8 Å². The molecule has 3 N–H and O–H groups in total. The van der Waals surface area contributed by atoms with Gasteiger partial charge in [0.2, 0.25) is 10.0 Å². The van der Waals surface area contributed by atoms with Crippen LogP contribution in [0, 0.1) is 5.92 Å². The minimum Gasteiger partial charge on any atom is -0.312 e. The molecule has 2 rings (SSSR count). The first-order valence-corrected chi connectivity index (χ1v) is 6.43. The van der Waals surface area contributed by atoms with Crippen molar-refractivity contribution in [2.24, 2.45) is 11.1 Å². The van der Waals surface area contributed by atoms with E-state index in [0.717, 1.165) is 18.8 Å². The Bertz CT molecular complexity index is 277. The smallest absolute Gasteiger partial charge is 0.213 e. The van der Waals surface area contributed by atoms with Crippen molar-refractivity contribution in [2.45, 2.75) is 37.0 Å². The van der Waals surface area contributed by atoms with Gasteiger partial charge < -0.3 is 5.32 Å². The maximum Gasteiger partial charge on any atom is 0.213 e. The van der Waals surface area contributed by atoms with Gasteiger partial charge >= 0.3 is 0 Å². The van der Waals surface area contributed by atoms with Crippen LogP contribution in [0.1, 0.15) is 25.7 Å². The van der Waals surface area contributed by atoms with Crippen molar-refractivity contribution in [3.8, 4) is 0 Å². The van der Waals surface area contributed by atoms with Crippen LogP contribution in [0.2, 0.25) is 0 Å². The molecule has 13 heavy (non-hydrogen) atoms. The summed E-state index contributed by atoms with van der Waals surface area (Å²) in [7, 11) is -3.32. The molecule has 1 aliphatic carbocycles. The van der Waals surface area contributed by atoms with Crippen molar-refractivity contribution in [1.29, 1.82) is 0 Å². The number of piperidine rings is 1. The normalized spacial score (nSPS) is 36.1. The number of sulfonamides is 1. The molecule has 2 unspecified atom stereocenters. The Morgan fingerprint density at radius 2 is 1.85 bits per heavy atom. The molecule has 0 aromatic heterocycles. The average Bonchev–Trinajstić information content (AvgIpc) is 2.85. The third-order valence-electron chi connectivity index (χ3n) is 3.06. The number of primary sulfonamides is 1. The molecule has 2 atom stereocenters. The second-order valence-corrected chi connectivity index (χ2v) is 5.99. The number of nitrogens with two attached hydrogens (primary N) is 1. The van der Waals surface area contributed by atoms with E-state index in [2.05, 4.69) is 5.32 Å². The standard InChI is InChI=1S/C8H16N2O2S/c9-13(11,12)7-3-4-8(10-5-7)6-1-2-6/h6-8,10H,1-5H2,(H2,9,11,12). The van der Waals surface area contributed by atoms with Crippen LogP contribution in [0.5, 0.6) is 0 Å². The topological polar surface area (TPSA) is 72.2 Å². The van der Waals surface area contributed by atoms with Gasteiger partial charge in [0.15, 0.2) is 0 Å². The van der Waals surface area contributed by atoms with E-state index in [1.54, 1.807) is 0 Å². The molecule has 1 aliphatic heterocycles. The molecule has 2 fully saturated rings. The van der Waals surface area contributed by atoms with E-state index in [0.29, 0.717) is 12.6 Å². The maximum atomic E-state index is 11.0. The zero-order valence-corrected chi connectivity index (χ0v) is 8.39. The van der Waals surface area contributed by atoms with Crippen molar-refractivity contribution in [1.82, 2.24) is 5.32 Å². The molecule has 0 aromatic rings. The van der Waals surface area contributed by atoms with Gasteiger partial charge in [-0.05, 0) is 31.6 Å². The number of rotatable bonds is 2. The molecule has 0 spiro atoms. The Balaban J connectivity index is 1.88. The van der Waals surface area contributed by atoms with Crippen LogP contribution >= 0.6 is 0 Å². The minimum atomic E-state index is -3.32. The largest absolute Gasteiger partial charge is 0.312 e. The highest BCUT2D eigenvalue weighted by Crippen LogP contribution is 2.36. The Kier molecular flexibility index (Phi) is 2.33. The summed E-state index contributed by atoms with van der Waals surface area (Å²) in [4.78, 5) is 0. The van der Waals surface area contributed by atoms with Crippen LogP contribution in [-0.4, -0.2) is 26.3 Å². The van der Waals surface area contributed by atoms with Crippen LogP contribution in [0.25, 0.3) is 0 Å². The molecule has 0 amide bonds. The van der Waals surface area contributed by atoms with Crippen LogP contribution in [0.15, 0.2) is 0 Å². The zero-order chi connectivity index (χ0) is 9.47. The van der Waals surface area contributed by atoms with E-state index >= 15 is 0 Å².